The fourth-order valence-electron chi connectivity index (χ4n) is 4.23. The summed E-state index contributed by atoms with van der Waals surface area (Å²) in [6.45, 7) is 5.38. The summed E-state index contributed by atoms with van der Waals surface area (Å²) < 4.78 is 4.80. The quantitative estimate of drug-likeness (QED) is 0.360. The maximum atomic E-state index is 11.8. The molecule has 1 aromatic carbocycles. The molecular formula is C20H31N5O3. The van der Waals surface area contributed by atoms with Crippen LogP contribution in [0.25, 0.3) is 0 Å². The number of esters is 1. The number of amidine groups is 1. The topological polar surface area (TPSA) is 106 Å². The Kier molecular flexibility index (Phi) is 6.88. The Balaban J connectivity index is 1.48. The summed E-state index contributed by atoms with van der Waals surface area (Å²) in [5.74, 6) is -0.260. The van der Waals surface area contributed by atoms with Crippen molar-refractivity contribution in [1.29, 1.82) is 5.41 Å². The SMILES string of the molecule is COC(=O)C(CO)N1CCC(N2CCN(c3ccc(C(=N)N)cc3)CC2)CC1. The van der Waals surface area contributed by atoms with E-state index < -0.39 is 6.04 Å². The molecule has 154 valence electrons. The second-order valence-corrected chi connectivity index (χ2v) is 7.47. The van der Waals surface area contributed by atoms with Crippen molar-refractivity contribution in [2.24, 2.45) is 5.73 Å². The number of nitrogens with two attached hydrogens (primary N) is 1. The first-order chi connectivity index (χ1) is 13.5. The summed E-state index contributed by atoms with van der Waals surface area (Å²) in [4.78, 5) is 18.7. The van der Waals surface area contributed by atoms with Crippen LogP contribution in [0.4, 0.5) is 5.69 Å². The van der Waals surface area contributed by atoms with E-state index >= 15 is 0 Å². The van der Waals surface area contributed by atoms with Gasteiger partial charge < -0.3 is 20.5 Å². The van der Waals surface area contributed by atoms with Crippen LogP contribution in [-0.2, 0) is 9.53 Å². The van der Waals surface area contributed by atoms with Gasteiger partial charge in [-0.3, -0.25) is 20.0 Å². The normalized spacial score (nSPS) is 20.7. The van der Waals surface area contributed by atoms with Crippen molar-refractivity contribution in [3.8, 4) is 0 Å². The van der Waals surface area contributed by atoms with Crippen LogP contribution in [0.1, 0.15) is 18.4 Å². The Morgan fingerprint density at radius 3 is 2.29 bits per heavy atom. The van der Waals surface area contributed by atoms with Gasteiger partial charge in [-0.1, -0.05) is 0 Å². The Morgan fingerprint density at radius 2 is 1.79 bits per heavy atom. The van der Waals surface area contributed by atoms with Crippen molar-refractivity contribution in [3.63, 3.8) is 0 Å². The predicted octanol–water partition coefficient (Wildman–Crippen LogP) is 0.0910. The van der Waals surface area contributed by atoms with Gasteiger partial charge in [0.05, 0.1) is 13.7 Å². The molecule has 2 aliphatic rings. The van der Waals surface area contributed by atoms with E-state index in [0.717, 1.165) is 57.7 Å². The highest BCUT2D eigenvalue weighted by atomic mass is 16.5. The van der Waals surface area contributed by atoms with Crippen LogP contribution in [-0.4, -0.2) is 91.8 Å². The number of rotatable bonds is 6. The smallest absolute Gasteiger partial charge is 0.325 e. The summed E-state index contributed by atoms with van der Waals surface area (Å²) in [6, 6.07) is 7.85. The molecule has 8 nitrogen and oxygen atoms in total. The summed E-state index contributed by atoms with van der Waals surface area (Å²) in [7, 11) is 1.37. The summed E-state index contributed by atoms with van der Waals surface area (Å²) in [5, 5.41) is 17.0. The van der Waals surface area contributed by atoms with Crippen LogP contribution in [0.3, 0.4) is 0 Å². The molecule has 0 aliphatic carbocycles. The minimum Gasteiger partial charge on any atom is -0.468 e. The van der Waals surface area contributed by atoms with Gasteiger partial charge in [0.1, 0.15) is 11.9 Å². The first-order valence-electron chi connectivity index (χ1n) is 9.89. The zero-order valence-corrected chi connectivity index (χ0v) is 16.5. The number of nitrogens with zero attached hydrogens (tertiary/aromatic N) is 3. The molecule has 0 amide bonds. The average Bonchev–Trinajstić information content (AvgIpc) is 2.75. The van der Waals surface area contributed by atoms with Gasteiger partial charge in [-0.15, -0.1) is 0 Å². The minimum atomic E-state index is -0.541. The number of hydrogen-bond acceptors (Lipinski definition) is 7. The largest absolute Gasteiger partial charge is 0.468 e. The Bertz CT molecular complexity index is 665. The van der Waals surface area contributed by atoms with E-state index in [-0.39, 0.29) is 18.4 Å². The first-order valence-corrected chi connectivity index (χ1v) is 9.89. The van der Waals surface area contributed by atoms with E-state index in [0.29, 0.717) is 6.04 Å². The van der Waals surface area contributed by atoms with Crippen LogP contribution in [0.5, 0.6) is 0 Å². The lowest BCUT2D eigenvalue weighted by Crippen LogP contribution is -2.55. The maximum absolute atomic E-state index is 11.8. The molecule has 28 heavy (non-hydrogen) atoms. The van der Waals surface area contributed by atoms with Gasteiger partial charge in [0.15, 0.2) is 0 Å². The van der Waals surface area contributed by atoms with Crippen LogP contribution in [0, 0.1) is 5.41 Å². The molecule has 1 atom stereocenters. The number of methoxy groups -OCH3 is 1. The fourth-order valence-corrected chi connectivity index (χ4v) is 4.23. The van der Waals surface area contributed by atoms with E-state index in [1.54, 1.807) is 0 Å². The molecule has 2 heterocycles. The molecule has 2 fully saturated rings. The van der Waals surface area contributed by atoms with Gasteiger partial charge in [0, 0.05) is 56.6 Å². The van der Waals surface area contributed by atoms with Crippen molar-refractivity contribution in [3.05, 3.63) is 29.8 Å². The molecular weight excluding hydrogens is 358 g/mol. The molecule has 1 aromatic rings. The molecule has 2 aliphatic heterocycles. The number of nitrogen functional groups attached to an aromatic ring is 1. The molecule has 0 radical (unpaired) electrons. The molecule has 8 heteroatoms. The fraction of sp³-hybridized carbons (Fsp3) is 0.600. The van der Waals surface area contributed by atoms with Gasteiger partial charge >= 0.3 is 5.97 Å². The number of aliphatic hydroxyl groups excluding tert-OH is 1. The lowest BCUT2D eigenvalue weighted by Gasteiger charge is -2.44. The summed E-state index contributed by atoms with van der Waals surface area (Å²) >= 11 is 0. The zero-order chi connectivity index (χ0) is 20.1. The maximum Gasteiger partial charge on any atom is 0.325 e. The van der Waals surface area contributed by atoms with Gasteiger partial charge in [-0.2, -0.15) is 0 Å². The molecule has 0 aromatic heterocycles. The number of piperazine rings is 1. The highest BCUT2D eigenvalue weighted by Crippen LogP contribution is 2.23. The number of hydrogen-bond donors (Lipinski definition) is 3. The second-order valence-electron chi connectivity index (χ2n) is 7.47. The third-order valence-electron chi connectivity index (χ3n) is 5.96. The Labute approximate surface area is 166 Å². The van der Waals surface area contributed by atoms with Crippen LogP contribution in [0.2, 0.25) is 0 Å². The third kappa shape index (κ3) is 4.63. The molecule has 0 saturated carbocycles. The molecule has 0 bridgehead atoms. The summed E-state index contributed by atoms with van der Waals surface area (Å²) in [5.41, 5.74) is 7.45. The number of ether oxygens (including phenoxy) is 1. The first kappa shape index (κ1) is 20.6. The van der Waals surface area contributed by atoms with Gasteiger partial charge in [0.25, 0.3) is 0 Å². The number of likely N-dealkylation sites (tertiary alicyclic amines) is 1. The summed E-state index contributed by atoms with van der Waals surface area (Å²) in [6.07, 6.45) is 2.00. The van der Waals surface area contributed by atoms with E-state index in [1.165, 1.54) is 12.8 Å². The average molecular weight is 390 g/mol. The molecule has 3 rings (SSSR count). The molecule has 0 spiro atoms. The number of carbonyl (C=O) groups excluding carboxylic acids is 1. The number of aliphatic hydroxyl groups is 1. The number of benzene rings is 1. The van der Waals surface area contributed by atoms with Crippen LogP contribution in [0.15, 0.2) is 24.3 Å². The Morgan fingerprint density at radius 1 is 1.18 bits per heavy atom. The van der Waals surface area contributed by atoms with Crippen molar-refractivity contribution >= 4 is 17.5 Å². The third-order valence-corrected chi connectivity index (χ3v) is 5.96. The molecule has 2 saturated heterocycles. The van der Waals surface area contributed by atoms with E-state index in [1.807, 2.05) is 29.2 Å². The van der Waals surface area contributed by atoms with Gasteiger partial charge in [0.2, 0.25) is 0 Å². The standard InChI is InChI=1S/C20H31N5O3/c1-28-20(27)18(14-26)25-8-6-17(7-9-25)24-12-10-23(11-13-24)16-4-2-15(3-5-16)19(21)22/h2-5,17-18,26H,6-14H2,1H3,(H3,21,22). The highest BCUT2D eigenvalue weighted by Gasteiger charge is 2.32. The van der Waals surface area contributed by atoms with Crippen molar-refractivity contribution in [2.75, 3.05) is 57.9 Å². The van der Waals surface area contributed by atoms with E-state index in [2.05, 4.69) is 9.80 Å². The van der Waals surface area contributed by atoms with Gasteiger partial charge in [-0.25, -0.2) is 0 Å². The van der Waals surface area contributed by atoms with E-state index in [4.69, 9.17) is 15.9 Å². The second kappa shape index (κ2) is 9.36. The van der Waals surface area contributed by atoms with E-state index in [9.17, 15) is 9.90 Å². The number of nitrogens with one attached hydrogen (secondary N) is 1. The molecule has 4 N–H and O–H groups in total. The monoisotopic (exact) mass is 389 g/mol. The minimum absolute atomic E-state index is 0.0957. The van der Waals surface area contributed by atoms with Crippen LogP contribution < -0.4 is 10.6 Å². The molecule has 1 unspecified atom stereocenters. The van der Waals surface area contributed by atoms with Crippen molar-refractivity contribution in [1.82, 2.24) is 9.80 Å². The highest BCUT2D eigenvalue weighted by molar-refractivity contribution is 5.95. The number of piperidine rings is 1. The van der Waals surface area contributed by atoms with Crippen molar-refractivity contribution in [2.45, 2.75) is 24.9 Å². The zero-order valence-electron chi connectivity index (χ0n) is 16.5. The number of carbonyl (C=O) groups is 1. The lowest BCUT2D eigenvalue weighted by molar-refractivity contribution is -0.149. The van der Waals surface area contributed by atoms with Crippen molar-refractivity contribution < 1.29 is 14.6 Å². The lowest BCUT2D eigenvalue weighted by atomic mass is 10.0. The number of anilines is 1. The Hall–Kier alpha value is -2.16. The van der Waals surface area contributed by atoms with Crippen LogP contribution >= 0.6 is 0 Å². The predicted molar refractivity (Wildman–Crippen MR) is 109 cm³/mol. The van der Waals surface area contributed by atoms with Gasteiger partial charge in [-0.05, 0) is 37.1 Å².